The van der Waals surface area contributed by atoms with E-state index in [4.69, 9.17) is 15.0 Å². The molecule has 9 aromatic carbocycles. The van der Waals surface area contributed by atoms with Gasteiger partial charge in [0.1, 0.15) is 0 Å². The van der Waals surface area contributed by atoms with E-state index in [1.807, 2.05) is 72.0 Å². The Kier molecular flexibility index (Phi) is 8.11. The van der Waals surface area contributed by atoms with Crippen molar-refractivity contribution in [3.63, 3.8) is 0 Å². The zero-order valence-electron chi connectivity index (χ0n) is 34.0. The monoisotopic (exact) mass is 820 g/mol. The highest BCUT2D eigenvalue weighted by Gasteiger charge is 2.22. The Morgan fingerprint density at radius 2 is 0.857 bits per heavy atom. The van der Waals surface area contributed by atoms with E-state index in [9.17, 15) is 0 Å². The summed E-state index contributed by atoms with van der Waals surface area (Å²) in [5.74, 6) is 1.96. The largest absolute Gasteiger partial charge is 0.309 e. The molecule has 0 aliphatic heterocycles. The van der Waals surface area contributed by atoms with Crippen LogP contribution in [0.25, 0.3) is 115 Å². The lowest BCUT2D eigenvalue weighted by molar-refractivity contribution is 1.07. The average Bonchev–Trinajstić information content (AvgIpc) is 4.02. The molecule has 3 heterocycles. The van der Waals surface area contributed by atoms with E-state index < -0.39 is 0 Å². The standard InChI is InChI=1S/C58H36N4S/c1-3-11-38(12-4-1)56-59-57(39-13-5-2-6-14-39)61-58(60-56)40-21-19-36(20-22-40)37-25-28-45(29-26-37)62-52-17-9-7-15-46(52)50-33-42(27-30-53(50)62)41-23-24-43-31-44-34-51-47-16-8-10-18-54(47)63-55(51)35-49(44)48(43)32-41/h1-30,32-35H,31H2. The molecule has 0 radical (unpaired) electrons. The first kappa shape index (κ1) is 35.7. The maximum Gasteiger partial charge on any atom is 0.164 e. The Labute approximate surface area is 368 Å². The fourth-order valence-corrected chi connectivity index (χ4v) is 10.7. The third-order valence-electron chi connectivity index (χ3n) is 12.7. The number of nitrogens with zero attached hydrogens (tertiary/aromatic N) is 4. The van der Waals surface area contributed by atoms with Crippen LogP contribution in [-0.4, -0.2) is 19.5 Å². The Morgan fingerprint density at radius 1 is 0.333 bits per heavy atom. The summed E-state index contributed by atoms with van der Waals surface area (Å²) in [7, 11) is 0. The van der Waals surface area contributed by atoms with E-state index in [-0.39, 0.29) is 0 Å². The summed E-state index contributed by atoms with van der Waals surface area (Å²) < 4.78 is 5.11. The Hall–Kier alpha value is -7.99. The second-order valence-electron chi connectivity index (χ2n) is 16.4. The second-order valence-corrected chi connectivity index (χ2v) is 17.5. The van der Waals surface area contributed by atoms with Gasteiger partial charge in [0.2, 0.25) is 0 Å². The lowest BCUT2D eigenvalue weighted by Gasteiger charge is -2.11. The highest BCUT2D eigenvalue weighted by Crippen LogP contribution is 2.45. The predicted molar refractivity (Wildman–Crippen MR) is 262 cm³/mol. The number of benzene rings is 9. The van der Waals surface area contributed by atoms with Crippen molar-refractivity contribution in [2.24, 2.45) is 0 Å². The maximum atomic E-state index is 4.93. The number of hydrogen-bond acceptors (Lipinski definition) is 4. The van der Waals surface area contributed by atoms with Gasteiger partial charge in [-0.1, -0.05) is 152 Å². The molecular weight excluding hydrogens is 785 g/mol. The minimum absolute atomic E-state index is 0.648. The highest BCUT2D eigenvalue weighted by molar-refractivity contribution is 7.25. The topological polar surface area (TPSA) is 43.6 Å². The zero-order chi connectivity index (χ0) is 41.4. The first-order valence-electron chi connectivity index (χ1n) is 21.4. The number of fused-ring (bicyclic) bond motifs is 9. The quantitative estimate of drug-likeness (QED) is 0.168. The van der Waals surface area contributed by atoms with Crippen molar-refractivity contribution >= 4 is 53.3 Å². The third-order valence-corrected chi connectivity index (χ3v) is 13.8. The van der Waals surface area contributed by atoms with Gasteiger partial charge >= 0.3 is 0 Å². The Morgan fingerprint density at radius 3 is 1.57 bits per heavy atom. The average molecular weight is 821 g/mol. The molecule has 63 heavy (non-hydrogen) atoms. The molecule has 0 N–H and O–H groups in total. The molecule has 13 rings (SSSR count). The van der Waals surface area contributed by atoms with Gasteiger partial charge in [-0.05, 0) is 106 Å². The number of hydrogen-bond donors (Lipinski definition) is 0. The fraction of sp³-hybridized carbons (Fsp3) is 0.0172. The van der Waals surface area contributed by atoms with Crippen molar-refractivity contribution < 1.29 is 0 Å². The Bertz CT molecular complexity index is 3680. The van der Waals surface area contributed by atoms with Crippen LogP contribution in [0.5, 0.6) is 0 Å². The summed E-state index contributed by atoms with van der Waals surface area (Å²) in [6.07, 6.45) is 0.980. The summed E-state index contributed by atoms with van der Waals surface area (Å²) in [5, 5.41) is 5.23. The molecule has 0 spiro atoms. The van der Waals surface area contributed by atoms with Gasteiger partial charge in [0.15, 0.2) is 17.5 Å². The molecule has 5 heteroatoms. The lowest BCUT2D eigenvalue weighted by atomic mass is 9.97. The fourth-order valence-electron chi connectivity index (χ4n) is 9.56. The smallest absolute Gasteiger partial charge is 0.164 e. The molecule has 0 bridgehead atoms. The highest BCUT2D eigenvalue weighted by atomic mass is 32.1. The molecule has 3 aromatic heterocycles. The van der Waals surface area contributed by atoms with Crippen LogP contribution in [0.3, 0.4) is 0 Å². The number of para-hydroxylation sites is 1. The molecule has 1 aliphatic rings. The van der Waals surface area contributed by atoms with Crippen LogP contribution in [0.2, 0.25) is 0 Å². The lowest BCUT2D eigenvalue weighted by Crippen LogP contribution is -2.00. The van der Waals surface area contributed by atoms with Gasteiger partial charge in [0.05, 0.1) is 11.0 Å². The van der Waals surface area contributed by atoms with Crippen molar-refractivity contribution in [3.05, 3.63) is 217 Å². The van der Waals surface area contributed by atoms with Crippen molar-refractivity contribution in [2.45, 2.75) is 6.42 Å². The summed E-state index contributed by atoms with van der Waals surface area (Å²) in [5.41, 5.74) is 16.7. The number of aromatic nitrogens is 4. The maximum absolute atomic E-state index is 4.93. The van der Waals surface area contributed by atoms with Crippen molar-refractivity contribution in [3.8, 4) is 73.2 Å². The minimum atomic E-state index is 0.648. The number of thiophene rings is 1. The predicted octanol–water partition coefficient (Wildman–Crippen LogP) is 15.2. The molecule has 4 nitrogen and oxygen atoms in total. The first-order valence-corrected chi connectivity index (χ1v) is 22.2. The zero-order valence-corrected chi connectivity index (χ0v) is 34.9. The first-order chi connectivity index (χ1) is 31.2. The molecule has 0 fully saturated rings. The summed E-state index contributed by atoms with van der Waals surface area (Å²) in [6.45, 7) is 0. The van der Waals surface area contributed by atoms with Crippen molar-refractivity contribution in [2.75, 3.05) is 0 Å². The van der Waals surface area contributed by atoms with E-state index in [0.717, 1.165) is 39.9 Å². The summed E-state index contributed by atoms with van der Waals surface area (Å²) in [4.78, 5) is 14.7. The Balaban J connectivity index is 0.823. The summed E-state index contributed by atoms with van der Waals surface area (Å²) in [6, 6.07) is 74.1. The molecule has 0 atom stereocenters. The van der Waals surface area contributed by atoms with Crippen LogP contribution < -0.4 is 0 Å². The van der Waals surface area contributed by atoms with Crippen LogP contribution in [-0.2, 0) is 6.42 Å². The molecule has 0 unspecified atom stereocenters. The minimum Gasteiger partial charge on any atom is -0.309 e. The van der Waals surface area contributed by atoms with Crippen molar-refractivity contribution in [1.82, 2.24) is 19.5 Å². The molecule has 294 valence electrons. The molecule has 1 aliphatic carbocycles. The normalized spacial score (nSPS) is 12.1. The van der Waals surface area contributed by atoms with Gasteiger partial charge in [-0.2, -0.15) is 0 Å². The summed E-state index contributed by atoms with van der Waals surface area (Å²) >= 11 is 1.90. The van der Waals surface area contributed by atoms with Crippen LogP contribution in [0.4, 0.5) is 0 Å². The van der Waals surface area contributed by atoms with Gasteiger partial charge in [-0.25, -0.2) is 15.0 Å². The van der Waals surface area contributed by atoms with E-state index >= 15 is 0 Å². The van der Waals surface area contributed by atoms with Gasteiger partial charge in [0, 0.05) is 53.3 Å². The molecule has 0 saturated heterocycles. The molecule has 12 aromatic rings. The van der Waals surface area contributed by atoms with Gasteiger partial charge in [0.25, 0.3) is 0 Å². The molecule has 0 amide bonds. The van der Waals surface area contributed by atoms with Crippen molar-refractivity contribution in [1.29, 1.82) is 0 Å². The SMILES string of the molecule is c1ccc(-c2nc(-c3ccccc3)nc(-c3ccc(-c4ccc(-n5c6ccccc6c6cc(-c7ccc8c(c7)-c7cc9sc%10ccccc%10c9cc7C8)ccc65)cc4)cc3)n2)cc1. The van der Waals surface area contributed by atoms with E-state index in [1.165, 1.54) is 75.4 Å². The second kappa shape index (κ2) is 14.3. The molecular formula is C58H36N4S. The van der Waals surface area contributed by atoms with Crippen LogP contribution >= 0.6 is 11.3 Å². The van der Waals surface area contributed by atoms with E-state index in [1.54, 1.807) is 0 Å². The van der Waals surface area contributed by atoms with E-state index in [2.05, 4.69) is 150 Å². The van der Waals surface area contributed by atoms with Gasteiger partial charge < -0.3 is 4.57 Å². The number of rotatable bonds is 6. The van der Waals surface area contributed by atoms with E-state index in [0.29, 0.717) is 17.5 Å². The third kappa shape index (κ3) is 6.00. The van der Waals surface area contributed by atoms with Gasteiger partial charge in [-0.3, -0.25) is 0 Å². The van der Waals surface area contributed by atoms with Crippen LogP contribution in [0.1, 0.15) is 11.1 Å². The van der Waals surface area contributed by atoms with Gasteiger partial charge in [-0.15, -0.1) is 11.3 Å². The van der Waals surface area contributed by atoms with Crippen LogP contribution in [0, 0.1) is 0 Å². The molecule has 0 saturated carbocycles. The van der Waals surface area contributed by atoms with Crippen LogP contribution in [0.15, 0.2) is 206 Å².